The van der Waals surface area contributed by atoms with E-state index in [1.807, 2.05) is 20.8 Å². The zero-order valence-electron chi connectivity index (χ0n) is 17.6. The summed E-state index contributed by atoms with van der Waals surface area (Å²) in [4.78, 5) is 26.5. The molecule has 1 aliphatic heterocycles. The van der Waals surface area contributed by atoms with Crippen LogP contribution in [0.3, 0.4) is 0 Å². The molecule has 0 aromatic carbocycles. The Morgan fingerprint density at radius 1 is 1.23 bits per heavy atom. The number of anilines is 1. The summed E-state index contributed by atoms with van der Waals surface area (Å²) in [6, 6.07) is 2.65. The van der Waals surface area contributed by atoms with Gasteiger partial charge in [-0.25, -0.2) is 28.5 Å². The van der Waals surface area contributed by atoms with Crippen molar-refractivity contribution in [2.45, 2.75) is 45.3 Å². The molecule has 1 atom stereocenters. The molecule has 10 heteroatoms. The molecule has 1 aliphatic rings. The second kappa shape index (κ2) is 8.09. The highest BCUT2D eigenvalue weighted by molar-refractivity contribution is 5.68. The molecule has 8 nitrogen and oxygen atoms in total. The third-order valence-electron chi connectivity index (χ3n) is 4.86. The van der Waals surface area contributed by atoms with Gasteiger partial charge in [-0.05, 0) is 45.7 Å². The Morgan fingerprint density at radius 2 is 2.03 bits per heavy atom. The second-order valence-electron chi connectivity index (χ2n) is 8.52. The molecule has 3 aromatic rings. The fourth-order valence-corrected chi connectivity index (χ4v) is 3.49. The molecule has 0 unspecified atom stereocenters. The molecular formula is C21H24F2N6O2. The lowest BCUT2D eigenvalue weighted by Gasteiger charge is -2.34. The topological polar surface area (TPSA) is 84.6 Å². The molecule has 0 saturated carbocycles. The van der Waals surface area contributed by atoms with Gasteiger partial charge in [0.15, 0.2) is 17.5 Å². The van der Waals surface area contributed by atoms with Crippen molar-refractivity contribution >= 4 is 17.6 Å². The first kappa shape index (κ1) is 21.0. The number of piperidine rings is 1. The van der Waals surface area contributed by atoms with Crippen LogP contribution in [0.15, 0.2) is 30.7 Å². The minimum absolute atomic E-state index is 0.0207. The zero-order chi connectivity index (χ0) is 22.2. The van der Waals surface area contributed by atoms with Gasteiger partial charge in [0, 0.05) is 25.3 Å². The van der Waals surface area contributed by atoms with Crippen molar-refractivity contribution in [3.63, 3.8) is 0 Å². The fourth-order valence-electron chi connectivity index (χ4n) is 3.49. The third kappa shape index (κ3) is 4.73. The summed E-state index contributed by atoms with van der Waals surface area (Å²) in [6.45, 7) is 6.39. The Bertz CT molecular complexity index is 1110. The number of hydrogen-bond acceptors (Lipinski definition) is 6. The number of aromatic nitrogens is 4. The van der Waals surface area contributed by atoms with Crippen LogP contribution >= 0.6 is 0 Å². The van der Waals surface area contributed by atoms with E-state index >= 15 is 0 Å². The Morgan fingerprint density at radius 3 is 2.81 bits per heavy atom. The quantitative estimate of drug-likeness (QED) is 0.679. The average molecular weight is 430 g/mol. The van der Waals surface area contributed by atoms with E-state index in [-0.39, 0.29) is 17.7 Å². The summed E-state index contributed by atoms with van der Waals surface area (Å²) in [6.07, 6.45) is 4.96. The number of ether oxygens (including phenoxy) is 1. The SMILES string of the molecule is CC(C)(C)OC(=O)N1CCC[C@@H](Nc2nc(-c3cnc4ccc(F)cn34)ncc2F)C1. The first-order valence-electron chi connectivity index (χ1n) is 10.1. The monoisotopic (exact) mass is 430 g/mol. The number of halogens is 2. The first-order valence-corrected chi connectivity index (χ1v) is 10.1. The molecular weight excluding hydrogens is 406 g/mol. The molecule has 1 saturated heterocycles. The third-order valence-corrected chi connectivity index (χ3v) is 4.86. The fraction of sp³-hybridized carbons (Fsp3) is 0.429. The zero-order valence-corrected chi connectivity index (χ0v) is 17.6. The first-order chi connectivity index (χ1) is 14.7. The van der Waals surface area contributed by atoms with Gasteiger partial charge in [-0.15, -0.1) is 0 Å². The summed E-state index contributed by atoms with van der Waals surface area (Å²) in [5.41, 5.74) is 0.384. The summed E-state index contributed by atoms with van der Waals surface area (Å²) in [5, 5.41) is 3.08. The number of fused-ring (bicyclic) bond motifs is 1. The van der Waals surface area contributed by atoms with Gasteiger partial charge in [-0.2, -0.15) is 0 Å². The highest BCUT2D eigenvalue weighted by Crippen LogP contribution is 2.23. The Hall–Kier alpha value is -3.30. The lowest BCUT2D eigenvalue weighted by Crippen LogP contribution is -2.47. The van der Waals surface area contributed by atoms with E-state index in [4.69, 9.17) is 4.74 Å². The minimum Gasteiger partial charge on any atom is -0.444 e. The number of nitrogens with one attached hydrogen (secondary N) is 1. The van der Waals surface area contributed by atoms with Gasteiger partial charge in [-0.3, -0.25) is 4.40 Å². The maximum Gasteiger partial charge on any atom is 0.410 e. The van der Waals surface area contributed by atoms with Gasteiger partial charge in [0.1, 0.15) is 22.8 Å². The molecule has 4 rings (SSSR count). The summed E-state index contributed by atoms with van der Waals surface area (Å²) >= 11 is 0. The molecule has 0 bridgehead atoms. The van der Waals surface area contributed by atoms with Crippen molar-refractivity contribution < 1.29 is 18.3 Å². The number of nitrogens with zero attached hydrogens (tertiary/aromatic N) is 5. The van der Waals surface area contributed by atoms with E-state index in [0.717, 1.165) is 19.0 Å². The number of likely N-dealkylation sites (tertiary alicyclic amines) is 1. The van der Waals surface area contributed by atoms with E-state index in [1.54, 1.807) is 4.90 Å². The average Bonchev–Trinajstić information content (AvgIpc) is 3.11. The lowest BCUT2D eigenvalue weighted by atomic mass is 10.1. The summed E-state index contributed by atoms with van der Waals surface area (Å²) in [5.74, 6) is -0.816. The van der Waals surface area contributed by atoms with E-state index in [1.165, 1.54) is 28.9 Å². The van der Waals surface area contributed by atoms with Crippen molar-refractivity contribution in [1.82, 2.24) is 24.3 Å². The number of carbonyl (C=O) groups excluding carboxylic acids is 1. The second-order valence-corrected chi connectivity index (χ2v) is 8.52. The van der Waals surface area contributed by atoms with Crippen molar-refractivity contribution in [3.05, 3.63) is 42.4 Å². The van der Waals surface area contributed by atoms with Crippen LogP contribution in [0.5, 0.6) is 0 Å². The molecule has 3 aromatic heterocycles. The standard InChI is InChI=1S/C21H24F2N6O2/c1-21(2,3)31-20(30)28-8-4-5-14(12-28)26-18-15(23)9-25-19(27-18)16-10-24-17-7-6-13(22)11-29(16)17/h6-7,9-11,14H,4-5,8,12H2,1-3H3,(H,25,26,27)/t14-/m1/s1. The van der Waals surface area contributed by atoms with Gasteiger partial charge >= 0.3 is 6.09 Å². The molecule has 1 N–H and O–H groups in total. The minimum atomic E-state index is -0.613. The summed E-state index contributed by atoms with van der Waals surface area (Å²) < 4.78 is 35.1. The van der Waals surface area contributed by atoms with Crippen LogP contribution < -0.4 is 5.32 Å². The predicted octanol–water partition coefficient (Wildman–Crippen LogP) is 3.88. The van der Waals surface area contributed by atoms with Crippen molar-refractivity contribution in [2.75, 3.05) is 18.4 Å². The number of carbonyl (C=O) groups is 1. The Kier molecular flexibility index (Phi) is 5.47. The van der Waals surface area contributed by atoms with Crippen LogP contribution in [0.2, 0.25) is 0 Å². The molecule has 0 radical (unpaired) electrons. The lowest BCUT2D eigenvalue weighted by molar-refractivity contribution is 0.0206. The van der Waals surface area contributed by atoms with E-state index < -0.39 is 23.3 Å². The van der Waals surface area contributed by atoms with Crippen LogP contribution in [0.1, 0.15) is 33.6 Å². The smallest absolute Gasteiger partial charge is 0.410 e. The molecule has 1 fully saturated rings. The van der Waals surface area contributed by atoms with Crippen LogP contribution in [-0.2, 0) is 4.74 Å². The Labute approximate surface area is 178 Å². The van der Waals surface area contributed by atoms with E-state index in [2.05, 4.69) is 20.3 Å². The highest BCUT2D eigenvalue weighted by Gasteiger charge is 2.28. The van der Waals surface area contributed by atoms with Gasteiger partial charge in [-0.1, -0.05) is 0 Å². The normalized spacial score (nSPS) is 17.1. The molecule has 31 heavy (non-hydrogen) atoms. The molecule has 1 amide bonds. The van der Waals surface area contributed by atoms with Crippen LogP contribution in [-0.4, -0.2) is 55.1 Å². The van der Waals surface area contributed by atoms with Gasteiger partial charge < -0.3 is 15.0 Å². The predicted molar refractivity (Wildman–Crippen MR) is 111 cm³/mol. The molecule has 4 heterocycles. The van der Waals surface area contributed by atoms with Gasteiger partial charge in [0.2, 0.25) is 0 Å². The molecule has 164 valence electrons. The van der Waals surface area contributed by atoms with E-state index in [9.17, 15) is 13.6 Å². The van der Waals surface area contributed by atoms with Crippen LogP contribution in [0.25, 0.3) is 17.2 Å². The molecule has 0 spiro atoms. The van der Waals surface area contributed by atoms with E-state index in [0.29, 0.717) is 24.4 Å². The highest BCUT2D eigenvalue weighted by atomic mass is 19.1. The maximum absolute atomic E-state index is 14.4. The largest absolute Gasteiger partial charge is 0.444 e. The molecule has 0 aliphatic carbocycles. The van der Waals surface area contributed by atoms with Gasteiger partial charge in [0.25, 0.3) is 0 Å². The van der Waals surface area contributed by atoms with Crippen LogP contribution in [0.4, 0.5) is 19.4 Å². The Balaban J connectivity index is 1.54. The van der Waals surface area contributed by atoms with Crippen molar-refractivity contribution in [2.24, 2.45) is 0 Å². The number of imidazole rings is 1. The van der Waals surface area contributed by atoms with Crippen molar-refractivity contribution in [3.8, 4) is 11.5 Å². The number of hydrogen-bond donors (Lipinski definition) is 1. The maximum atomic E-state index is 14.4. The van der Waals surface area contributed by atoms with Crippen molar-refractivity contribution in [1.29, 1.82) is 0 Å². The van der Waals surface area contributed by atoms with Gasteiger partial charge in [0.05, 0.1) is 12.4 Å². The number of pyridine rings is 1. The van der Waals surface area contributed by atoms with Crippen LogP contribution in [0, 0.1) is 11.6 Å². The number of rotatable bonds is 3. The summed E-state index contributed by atoms with van der Waals surface area (Å²) in [7, 11) is 0. The number of amides is 1.